The Kier molecular flexibility index (Phi) is 7.78. The van der Waals surface area contributed by atoms with Crippen molar-refractivity contribution in [1.82, 2.24) is 0 Å². The van der Waals surface area contributed by atoms with Gasteiger partial charge in [-0.3, -0.25) is 14.4 Å². The number of nitrogens with two attached hydrogens (primary N) is 1. The summed E-state index contributed by atoms with van der Waals surface area (Å²) < 4.78 is 15.5. The third-order valence-corrected chi connectivity index (χ3v) is 6.86. The van der Waals surface area contributed by atoms with Crippen LogP contribution in [-0.4, -0.2) is 49.6 Å². The fourth-order valence-electron chi connectivity index (χ4n) is 3.73. The van der Waals surface area contributed by atoms with Gasteiger partial charge in [0.25, 0.3) is 0 Å². The number of carbonyl (C=O) groups is 4. The van der Waals surface area contributed by atoms with E-state index in [0.29, 0.717) is 28.4 Å². The molecule has 0 saturated carbocycles. The number of nitrogens with zero attached hydrogens (tertiary/aromatic N) is 1. The Morgan fingerprint density at radius 2 is 1.57 bits per heavy atom. The van der Waals surface area contributed by atoms with Crippen molar-refractivity contribution in [1.29, 1.82) is 0 Å². The second-order valence-corrected chi connectivity index (χ2v) is 9.34. The molecule has 0 aromatic heterocycles. The van der Waals surface area contributed by atoms with E-state index in [-0.39, 0.29) is 23.8 Å². The highest BCUT2D eigenvalue weighted by Crippen LogP contribution is 2.34. The van der Waals surface area contributed by atoms with Crippen LogP contribution in [0.4, 0.5) is 11.4 Å². The van der Waals surface area contributed by atoms with Crippen LogP contribution in [0.25, 0.3) is 0 Å². The molecule has 10 heteroatoms. The maximum absolute atomic E-state index is 12.9. The normalized spacial score (nSPS) is 15.0. The Hall–Kier alpha value is -4.31. The summed E-state index contributed by atoms with van der Waals surface area (Å²) in [5.74, 6) is -0.923. The van der Waals surface area contributed by atoms with E-state index in [9.17, 15) is 19.2 Å². The molecule has 2 N–H and O–H groups in total. The van der Waals surface area contributed by atoms with Crippen LogP contribution in [0.5, 0.6) is 11.5 Å². The maximum Gasteiger partial charge on any atom is 0.338 e. The van der Waals surface area contributed by atoms with Gasteiger partial charge in [0.1, 0.15) is 0 Å². The number of amides is 2. The first-order chi connectivity index (χ1) is 17.8. The monoisotopic (exact) mass is 520 g/mol. The van der Waals surface area contributed by atoms with Gasteiger partial charge in [0.2, 0.25) is 11.8 Å². The number of rotatable bonds is 9. The van der Waals surface area contributed by atoms with Crippen LogP contribution in [0.3, 0.4) is 0 Å². The van der Waals surface area contributed by atoms with Crippen molar-refractivity contribution in [3.8, 4) is 11.5 Å². The third-order valence-electron chi connectivity index (χ3n) is 5.66. The molecular weight excluding hydrogens is 496 g/mol. The first kappa shape index (κ1) is 25.8. The molecule has 37 heavy (non-hydrogen) atoms. The Morgan fingerprint density at radius 3 is 2.22 bits per heavy atom. The van der Waals surface area contributed by atoms with Gasteiger partial charge in [0.15, 0.2) is 23.9 Å². The second-order valence-electron chi connectivity index (χ2n) is 8.06. The molecule has 9 nitrogen and oxygen atoms in total. The first-order valence-corrected chi connectivity index (χ1v) is 12.1. The molecule has 0 spiro atoms. The molecule has 0 radical (unpaired) electrons. The number of benzene rings is 3. The Morgan fingerprint density at radius 1 is 0.919 bits per heavy atom. The molecule has 190 valence electrons. The number of esters is 1. The molecule has 0 aliphatic carbocycles. The largest absolute Gasteiger partial charge is 0.493 e. The number of hydrogen-bond acceptors (Lipinski definition) is 9. The van der Waals surface area contributed by atoms with Crippen molar-refractivity contribution in [2.24, 2.45) is 0 Å². The van der Waals surface area contributed by atoms with Gasteiger partial charge in [-0.15, -0.1) is 11.8 Å². The number of nitrogen functional groups attached to an aromatic ring is 1. The molecule has 1 aliphatic rings. The molecule has 0 bridgehead atoms. The highest BCUT2D eigenvalue weighted by Gasteiger charge is 2.40. The van der Waals surface area contributed by atoms with Crippen LogP contribution in [0.2, 0.25) is 0 Å². The molecule has 4 rings (SSSR count). The Bertz CT molecular complexity index is 1340. The minimum atomic E-state index is -0.712. The van der Waals surface area contributed by atoms with E-state index in [0.717, 1.165) is 9.80 Å². The molecule has 1 atom stereocenters. The molecule has 1 aliphatic heterocycles. The maximum atomic E-state index is 12.9. The molecule has 2 amide bonds. The summed E-state index contributed by atoms with van der Waals surface area (Å²) in [6, 6.07) is 17.6. The summed E-state index contributed by atoms with van der Waals surface area (Å²) in [5, 5.41) is -0.552. The molecule has 1 heterocycles. The molecule has 1 unspecified atom stereocenters. The number of ketones is 1. The first-order valence-electron chi connectivity index (χ1n) is 11.2. The lowest BCUT2D eigenvalue weighted by atomic mass is 10.1. The lowest BCUT2D eigenvalue weighted by molar-refractivity contribution is -0.121. The Balaban J connectivity index is 1.37. The summed E-state index contributed by atoms with van der Waals surface area (Å²) in [6.07, 6.45) is 0.0654. The van der Waals surface area contributed by atoms with E-state index in [1.807, 2.05) is 0 Å². The fraction of sp³-hybridized carbons (Fsp3) is 0.185. The summed E-state index contributed by atoms with van der Waals surface area (Å²) in [5.41, 5.74) is 7.15. The summed E-state index contributed by atoms with van der Waals surface area (Å²) in [7, 11) is 2.94. The number of hydrogen-bond donors (Lipinski definition) is 1. The molecule has 1 saturated heterocycles. The summed E-state index contributed by atoms with van der Waals surface area (Å²) in [6.45, 7) is -0.469. The third kappa shape index (κ3) is 5.75. The van der Waals surface area contributed by atoms with Crippen molar-refractivity contribution >= 4 is 46.7 Å². The van der Waals surface area contributed by atoms with Gasteiger partial charge in [-0.1, -0.05) is 0 Å². The van der Waals surface area contributed by atoms with Crippen LogP contribution in [-0.2, 0) is 14.3 Å². The van der Waals surface area contributed by atoms with Gasteiger partial charge in [-0.2, -0.15) is 0 Å². The lowest BCUT2D eigenvalue weighted by Crippen LogP contribution is -2.31. The van der Waals surface area contributed by atoms with E-state index in [1.54, 1.807) is 36.4 Å². The second kappa shape index (κ2) is 11.2. The van der Waals surface area contributed by atoms with Crippen molar-refractivity contribution < 1.29 is 33.4 Å². The van der Waals surface area contributed by atoms with Crippen molar-refractivity contribution in [3.63, 3.8) is 0 Å². The minimum absolute atomic E-state index is 0.0654. The van der Waals surface area contributed by atoms with Gasteiger partial charge in [-0.25, -0.2) is 9.69 Å². The van der Waals surface area contributed by atoms with Gasteiger partial charge in [0.05, 0.1) is 30.7 Å². The zero-order valence-corrected chi connectivity index (χ0v) is 20.9. The smallest absolute Gasteiger partial charge is 0.338 e. The predicted octanol–water partition coefficient (Wildman–Crippen LogP) is 3.75. The van der Waals surface area contributed by atoms with Gasteiger partial charge in [-0.05, 0) is 66.7 Å². The zero-order chi connectivity index (χ0) is 26.5. The van der Waals surface area contributed by atoms with E-state index >= 15 is 0 Å². The average molecular weight is 521 g/mol. The predicted molar refractivity (Wildman–Crippen MR) is 138 cm³/mol. The molecule has 3 aromatic carbocycles. The van der Waals surface area contributed by atoms with Crippen LogP contribution >= 0.6 is 11.8 Å². The minimum Gasteiger partial charge on any atom is -0.493 e. The Labute approximate surface area is 217 Å². The summed E-state index contributed by atoms with van der Waals surface area (Å²) in [4.78, 5) is 52.4. The van der Waals surface area contributed by atoms with Crippen LogP contribution < -0.4 is 20.1 Å². The zero-order valence-electron chi connectivity index (χ0n) is 20.1. The van der Waals surface area contributed by atoms with Crippen LogP contribution in [0.1, 0.15) is 27.1 Å². The fourth-order valence-corrected chi connectivity index (χ4v) is 4.79. The van der Waals surface area contributed by atoms with Crippen molar-refractivity contribution in [2.75, 3.05) is 31.5 Å². The highest BCUT2D eigenvalue weighted by atomic mass is 32.2. The van der Waals surface area contributed by atoms with Gasteiger partial charge < -0.3 is 19.9 Å². The van der Waals surface area contributed by atoms with Crippen LogP contribution in [0, 0.1) is 0 Å². The standard InChI is InChI=1S/C27H24N2O7S/c1-34-22-12-5-17(13-23(22)35-2)21(30)15-36-27(33)16-3-8-19(9-4-16)29-25(31)14-24(26(29)32)37-20-10-6-18(28)7-11-20/h3-13,24H,14-15,28H2,1-2H3. The number of ether oxygens (including phenoxy) is 3. The van der Waals surface area contributed by atoms with E-state index in [2.05, 4.69) is 0 Å². The highest BCUT2D eigenvalue weighted by molar-refractivity contribution is 8.00. The quantitative estimate of drug-likeness (QED) is 0.194. The van der Waals surface area contributed by atoms with E-state index < -0.39 is 23.6 Å². The average Bonchev–Trinajstić information content (AvgIpc) is 3.20. The van der Waals surface area contributed by atoms with Gasteiger partial charge in [0, 0.05) is 22.6 Å². The number of Topliss-reactive ketones (excluding diaryl/α,β-unsaturated/α-hetero) is 1. The number of imide groups is 1. The van der Waals surface area contributed by atoms with Crippen LogP contribution in [0.15, 0.2) is 71.6 Å². The topological polar surface area (TPSA) is 125 Å². The SMILES string of the molecule is COc1ccc(C(=O)COC(=O)c2ccc(N3C(=O)CC(Sc4ccc(N)cc4)C3=O)cc2)cc1OC. The summed E-state index contributed by atoms with van der Waals surface area (Å²) >= 11 is 1.30. The van der Waals surface area contributed by atoms with Gasteiger partial charge >= 0.3 is 5.97 Å². The number of methoxy groups -OCH3 is 2. The van der Waals surface area contributed by atoms with E-state index in [4.69, 9.17) is 19.9 Å². The molecular formula is C27H24N2O7S. The van der Waals surface area contributed by atoms with Crippen molar-refractivity contribution in [3.05, 3.63) is 77.9 Å². The number of anilines is 2. The van der Waals surface area contributed by atoms with E-state index in [1.165, 1.54) is 56.3 Å². The molecule has 3 aromatic rings. The molecule has 1 fully saturated rings. The number of carbonyl (C=O) groups excluding carboxylic acids is 4. The number of thioether (sulfide) groups is 1. The van der Waals surface area contributed by atoms with Crippen molar-refractivity contribution in [2.45, 2.75) is 16.6 Å². The lowest BCUT2D eigenvalue weighted by Gasteiger charge is -2.15.